The molecule has 0 aliphatic rings. The smallest absolute Gasteiger partial charge is 0.0857 e. The number of hydrogen-bond acceptors (Lipinski definition) is 2. The van der Waals surface area contributed by atoms with Gasteiger partial charge in [-0.15, -0.1) is 11.3 Å². The van der Waals surface area contributed by atoms with Crippen LogP contribution in [-0.4, -0.2) is 4.98 Å². The van der Waals surface area contributed by atoms with Gasteiger partial charge in [0.2, 0.25) is 0 Å². The third kappa shape index (κ3) is 1.45. The van der Waals surface area contributed by atoms with Gasteiger partial charge in [-0.25, -0.2) is 0 Å². The van der Waals surface area contributed by atoms with Crippen LogP contribution in [0.1, 0.15) is 18.2 Å². The van der Waals surface area contributed by atoms with Crippen molar-refractivity contribution in [3.63, 3.8) is 0 Å². The Morgan fingerprint density at radius 3 is 3.00 bits per heavy atom. The summed E-state index contributed by atoms with van der Waals surface area (Å²) in [4.78, 5) is 4.54. The Morgan fingerprint density at radius 2 is 2.31 bits per heavy atom. The molecule has 0 amide bonds. The zero-order valence-electron chi connectivity index (χ0n) is 7.60. The number of aryl methyl sites for hydroxylation is 2. The molecule has 0 unspecified atom stereocenters. The number of rotatable bonds is 1. The van der Waals surface area contributed by atoms with Crippen LogP contribution in [0.25, 0.3) is 10.2 Å². The first-order valence-corrected chi connectivity index (χ1v) is 5.51. The highest BCUT2D eigenvalue weighted by Crippen LogP contribution is 2.30. The van der Waals surface area contributed by atoms with E-state index >= 15 is 0 Å². The lowest BCUT2D eigenvalue weighted by atomic mass is 10.2. The van der Waals surface area contributed by atoms with Crippen LogP contribution < -0.4 is 0 Å². The molecular formula is C10H10ClNS. The van der Waals surface area contributed by atoms with Crippen molar-refractivity contribution in [1.82, 2.24) is 4.98 Å². The minimum Gasteiger partial charge on any atom is -0.252 e. The number of aromatic nitrogens is 1. The summed E-state index contributed by atoms with van der Waals surface area (Å²) in [5.74, 6) is 0. The van der Waals surface area contributed by atoms with Crippen molar-refractivity contribution in [2.45, 2.75) is 20.3 Å². The van der Waals surface area contributed by atoms with Gasteiger partial charge in [0.25, 0.3) is 0 Å². The van der Waals surface area contributed by atoms with Gasteiger partial charge in [0.15, 0.2) is 0 Å². The summed E-state index contributed by atoms with van der Waals surface area (Å²) < 4.78 is 1.11. The Bertz CT molecular complexity index is 447. The van der Waals surface area contributed by atoms with Crippen molar-refractivity contribution in [3.8, 4) is 0 Å². The van der Waals surface area contributed by atoms with E-state index in [2.05, 4.69) is 24.2 Å². The fraction of sp³-hybridized carbons (Fsp3) is 0.300. The second-order valence-corrected chi connectivity index (χ2v) is 4.33. The lowest BCUT2D eigenvalue weighted by molar-refractivity contribution is 1.06. The molecule has 3 heteroatoms. The lowest BCUT2D eigenvalue weighted by Crippen LogP contribution is -1.87. The van der Waals surface area contributed by atoms with Crippen LogP contribution >= 0.6 is 22.9 Å². The summed E-state index contributed by atoms with van der Waals surface area (Å²) in [6.07, 6.45) is 0.935. The second kappa shape index (κ2) is 3.28. The maximum atomic E-state index is 6.12. The molecule has 0 aliphatic carbocycles. The van der Waals surface area contributed by atoms with Gasteiger partial charge in [-0.2, -0.15) is 0 Å². The number of nitrogens with zero attached hydrogens (tertiary/aromatic N) is 1. The molecule has 0 bridgehead atoms. The molecule has 0 N–H and O–H groups in total. The quantitative estimate of drug-likeness (QED) is 0.699. The van der Waals surface area contributed by atoms with Crippen molar-refractivity contribution >= 4 is 33.2 Å². The molecule has 0 aliphatic heterocycles. The first kappa shape index (κ1) is 8.97. The Morgan fingerprint density at radius 1 is 1.54 bits per heavy atom. The van der Waals surface area contributed by atoms with Gasteiger partial charge in [-0.1, -0.05) is 18.5 Å². The third-order valence-corrected chi connectivity index (χ3v) is 3.60. The molecule has 0 saturated carbocycles. The van der Waals surface area contributed by atoms with E-state index in [0.717, 1.165) is 27.4 Å². The number of pyridine rings is 1. The van der Waals surface area contributed by atoms with Crippen LogP contribution in [0.15, 0.2) is 11.4 Å². The molecule has 2 rings (SSSR count). The van der Waals surface area contributed by atoms with Gasteiger partial charge >= 0.3 is 0 Å². The Labute approximate surface area is 86.4 Å². The highest BCUT2D eigenvalue weighted by molar-refractivity contribution is 7.18. The van der Waals surface area contributed by atoms with Crippen molar-refractivity contribution in [2.75, 3.05) is 0 Å². The molecule has 13 heavy (non-hydrogen) atoms. The minimum atomic E-state index is 0.833. The molecule has 0 spiro atoms. The van der Waals surface area contributed by atoms with Crippen LogP contribution in [-0.2, 0) is 6.42 Å². The molecule has 2 heterocycles. The van der Waals surface area contributed by atoms with E-state index < -0.39 is 0 Å². The average molecular weight is 212 g/mol. The molecule has 0 fully saturated rings. The summed E-state index contributed by atoms with van der Waals surface area (Å²) in [5, 5.41) is 2.93. The number of halogens is 1. The van der Waals surface area contributed by atoms with E-state index in [1.54, 1.807) is 11.3 Å². The molecule has 2 aromatic rings. The first-order chi connectivity index (χ1) is 6.22. The first-order valence-electron chi connectivity index (χ1n) is 4.25. The number of thiophene rings is 1. The zero-order valence-corrected chi connectivity index (χ0v) is 9.17. The summed E-state index contributed by atoms with van der Waals surface area (Å²) in [6.45, 7) is 4.16. The molecule has 1 nitrogen and oxygen atoms in total. The van der Waals surface area contributed by atoms with Gasteiger partial charge in [-0.3, -0.25) is 4.98 Å². The molecular weight excluding hydrogens is 202 g/mol. The Balaban J connectivity index is 2.80. The summed E-state index contributed by atoms with van der Waals surface area (Å²) >= 11 is 7.79. The largest absolute Gasteiger partial charge is 0.252 e. The van der Waals surface area contributed by atoms with Gasteiger partial charge in [0, 0.05) is 5.69 Å². The summed E-state index contributed by atoms with van der Waals surface area (Å²) in [5.41, 5.74) is 3.35. The van der Waals surface area contributed by atoms with E-state index in [0.29, 0.717) is 0 Å². The number of fused-ring (bicyclic) bond motifs is 1. The fourth-order valence-electron chi connectivity index (χ4n) is 1.32. The highest BCUT2D eigenvalue weighted by atomic mass is 35.5. The monoisotopic (exact) mass is 211 g/mol. The number of hydrogen-bond donors (Lipinski definition) is 0. The normalized spacial score (nSPS) is 11.0. The summed E-state index contributed by atoms with van der Waals surface area (Å²) in [7, 11) is 0. The maximum Gasteiger partial charge on any atom is 0.0857 e. The maximum absolute atomic E-state index is 6.12. The van der Waals surface area contributed by atoms with Crippen molar-refractivity contribution < 1.29 is 0 Å². The van der Waals surface area contributed by atoms with E-state index in [1.807, 2.05) is 6.07 Å². The van der Waals surface area contributed by atoms with Crippen LogP contribution in [0.2, 0.25) is 5.02 Å². The zero-order chi connectivity index (χ0) is 9.42. The highest BCUT2D eigenvalue weighted by Gasteiger charge is 2.06. The van der Waals surface area contributed by atoms with Crippen LogP contribution in [0, 0.1) is 6.92 Å². The molecule has 68 valence electrons. The van der Waals surface area contributed by atoms with E-state index in [9.17, 15) is 0 Å². The van der Waals surface area contributed by atoms with Gasteiger partial charge in [0.1, 0.15) is 0 Å². The topological polar surface area (TPSA) is 12.9 Å². The van der Waals surface area contributed by atoms with Crippen LogP contribution in [0.5, 0.6) is 0 Å². The Kier molecular flexibility index (Phi) is 2.26. The van der Waals surface area contributed by atoms with Crippen molar-refractivity contribution in [2.24, 2.45) is 0 Å². The standard InChI is InChI=1S/C10H10ClNS/c1-3-7-4-8(11)10-9(12-7)6(2)5-13-10/h4-5H,3H2,1-2H3. The Hall–Kier alpha value is -0.600. The van der Waals surface area contributed by atoms with E-state index in [4.69, 9.17) is 11.6 Å². The molecule has 0 radical (unpaired) electrons. The summed E-state index contributed by atoms with van der Waals surface area (Å²) in [6, 6.07) is 1.96. The lowest BCUT2D eigenvalue weighted by Gasteiger charge is -1.99. The fourth-order valence-corrected chi connectivity index (χ4v) is 2.56. The molecule has 0 atom stereocenters. The third-order valence-electron chi connectivity index (χ3n) is 2.07. The second-order valence-electron chi connectivity index (χ2n) is 3.05. The predicted molar refractivity (Wildman–Crippen MR) is 58.7 cm³/mol. The van der Waals surface area contributed by atoms with E-state index in [-0.39, 0.29) is 0 Å². The van der Waals surface area contributed by atoms with Crippen LogP contribution in [0.3, 0.4) is 0 Å². The van der Waals surface area contributed by atoms with Crippen molar-refractivity contribution in [3.05, 3.63) is 27.7 Å². The molecule has 0 aromatic carbocycles. The van der Waals surface area contributed by atoms with Gasteiger partial charge in [-0.05, 0) is 30.4 Å². The van der Waals surface area contributed by atoms with Gasteiger partial charge in [0.05, 0.1) is 15.2 Å². The van der Waals surface area contributed by atoms with E-state index in [1.165, 1.54) is 5.56 Å². The van der Waals surface area contributed by atoms with Crippen LogP contribution in [0.4, 0.5) is 0 Å². The SMILES string of the molecule is CCc1cc(Cl)c2scc(C)c2n1. The van der Waals surface area contributed by atoms with Gasteiger partial charge < -0.3 is 0 Å². The molecule has 2 aromatic heterocycles. The molecule has 0 saturated heterocycles. The predicted octanol–water partition coefficient (Wildman–Crippen LogP) is 3.82. The average Bonchev–Trinajstić information content (AvgIpc) is 2.48. The minimum absolute atomic E-state index is 0.833. The van der Waals surface area contributed by atoms with Crippen molar-refractivity contribution in [1.29, 1.82) is 0 Å².